The first-order valence-corrected chi connectivity index (χ1v) is 8.26. The zero-order chi connectivity index (χ0) is 16.4. The zero-order valence-electron chi connectivity index (χ0n) is 12.4. The summed E-state index contributed by atoms with van der Waals surface area (Å²) in [6.07, 6.45) is -7.24. The topological polar surface area (TPSA) is 46.2 Å². The SMILES string of the molecule is CO[Si](CCCOCCOCC(F)C(F)(F)F)(OC)OC. The second kappa shape index (κ2) is 10.5. The molecule has 5 nitrogen and oxygen atoms in total. The summed E-state index contributed by atoms with van der Waals surface area (Å²) < 4.78 is 73.2. The zero-order valence-corrected chi connectivity index (χ0v) is 13.4. The van der Waals surface area contributed by atoms with Gasteiger partial charge in [-0.15, -0.1) is 0 Å². The molecular weight excluding hydrogens is 316 g/mol. The van der Waals surface area contributed by atoms with Crippen molar-refractivity contribution in [3.8, 4) is 0 Å². The molecule has 0 spiro atoms. The van der Waals surface area contributed by atoms with E-state index in [2.05, 4.69) is 4.74 Å². The molecule has 0 aliphatic rings. The van der Waals surface area contributed by atoms with Gasteiger partial charge in [0, 0.05) is 34.0 Å². The summed E-state index contributed by atoms with van der Waals surface area (Å²) in [6.45, 7) is -0.670. The van der Waals surface area contributed by atoms with Crippen LogP contribution < -0.4 is 0 Å². The first-order chi connectivity index (χ1) is 9.81. The minimum Gasteiger partial charge on any atom is -0.379 e. The van der Waals surface area contributed by atoms with Gasteiger partial charge in [0.05, 0.1) is 19.8 Å². The van der Waals surface area contributed by atoms with Crippen molar-refractivity contribution >= 4 is 8.80 Å². The third-order valence-electron chi connectivity index (χ3n) is 2.70. The second-order valence-electron chi connectivity index (χ2n) is 4.10. The number of halogens is 4. The normalized spacial score (nSPS) is 14.4. The van der Waals surface area contributed by atoms with Crippen molar-refractivity contribution in [2.45, 2.75) is 24.8 Å². The molecule has 0 radical (unpaired) electrons. The third-order valence-corrected chi connectivity index (χ3v) is 5.53. The lowest BCUT2D eigenvalue weighted by Gasteiger charge is -2.24. The van der Waals surface area contributed by atoms with E-state index in [1.807, 2.05) is 0 Å². The number of hydrogen-bond acceptors (Lipinski definition) is 5. The van der Waals surface area contributed by atoms with Gasteiger partial charge in [0.25, 0.3) is 0 Å². The molecule has 0 aromatic carbocycles. The van der Waals surface area contributed by atoms with Gasteiger partial charge in [0.1, 0.15) is 0 Å². The average Bonchev–Trinajstić information content (AvgIpc) is 2.45. The summed E-state index contributed by atoms with van der Waals surface area (Å²) in [5.41, 5.74) is 0. The Labute approximate surface area is 122 Å². The smallest absolute Gasteiger partial charge is 0.379 e. The molecule has 0 rings (SSSR count). The van der Waals surface area contributed by atoms with Crippen molar-refractivity contribution in [2.75, 3.05) is 47.8 Å². The van der Waals surface area contributed by atoms with Crippen molar-refractivity contribution in [3.05, 3.63) is 0 Å². The minimum absolute atomic E-state index is 0.0894. The number of ether oxygens (including phenoxy) is 2. The quantitative estimate of drug-likeness (QED) is 0.310. The summed E-state index contributed by atoms with van der Waals surface area (Å²) in [7, 11) is 1.89. The summed E-state index contributed by atoms with van der Waals surface area (Å²) >= 11 is 0. The fraction of sp³-hybridized carbons (Fsp3) is 1.00. The van der Waals surface area contributed by atoms with E-state index in [-0.39, 0.29) is 13.2 Å². The van der Waals surface area contributed by atoms with E-state index in [4.69, 9.17) is 18.0 Å². The van der Waals surface area contributed by atoms with Gasteiger partial charge < -0.3 is 22.8 Å². The molecule has 0 saturated heterocycles. The average molecular weight is 338 g/mol. The van der Waals surface area contributed by atoms with E-state index in [0.29, 0.717) is 19.1 Å². The van der Waals surface area contributed by atoms with Crippen LogP contribution >= 0.6 is 0 Å². The van der Waals surface area contributed by atoms with E-state index in [9.17, 15) is 17.6 Å². The Balaban J connectivity index is 3.57. The molecule has 0 aromatic rings. The van der Waals surface area contributed by atoms with Gasteiger partial charge in [-0.3, -0.25) is 0 Å². The predicted molar refractivity (Wildman–Crippen MR) is 68.8 cm³/mol. The van der Waals surface area contributed by atoms with Gasteiger partial charge in [-0.2, -0.15) is 13.2 Å². The van der Waals surface area contributed by atoms with Crippen LogP contribution in [0.15, 0.2) is 0 Å². The monoisotopic (exact) mass is 338 g/mol. The van der Waals surface area contributed by atoms with Crippen LogP contribution in [0.2, 0.25) is 6.04 Å². The number of rotatable bonds is 12. The van der Waals surface area contributed by atoms with E-state index >= 15 is 0 Å². The van der Waals surface area contributed by atoms with Crippen molar-refractivity contribution < 1.29 is 40.3 Å². The molecule has 0 saturated carbocycles. The highest BCUT2D eigenvalue weighted by Gasteiger charge is 2.40. The molecule has 0 fully saturated rings. The highest BCUT2D eigenvalue weighted by molar-refractivity contribution is 6.60. The largest absolute Gasteiger partial charge is 0.500 e. The molecule has 0 heterocycles. The number of hydrogen-bond donors (Lipinski definition) is 0. The molecule has 0 bridgehead atoms. The van der Waals surface area contributed by atoms with Crippen molar-refractivity contribution in [3.63, 3.8) is 0 Å². The summed E-state index contributed by atoms with van der Waals surface area (Å²) in [5, 5.41) is 0. The molecule has 0 aromatic heterocycles. The standard InChI is InChI=1S/C11H22F4O5Si/c1-16-21(17-2,18-3)8-4-5-19-6-7-20-9-10(12)11(13,14)15/h10H,4-9H2,1-3H3. The summed E-state index contributed by atoms with van der Waals surface area (Å²) in [6, 6.07) is 0.554. The first kappa shape index (κ1) is 20.7. The number of alkyl halides is 4. The van der Waals surface area contributed by atoms with Crippen molar-refractivity contribution in [2.24, 2.45) is 0 Å². The Bertz CT molecular complexity index is 255. The highest BCUT2D eigenvalue weighted by atomic mass is 28.4. The lowest BCUT2D eigenvalue weighted by atomic mass is 10.4. The molecule has 0 aliphatic heterocycles. The minimum atomic E-state index is -4.88. The van der Waals surface area contributed by atoms with Crippen LogP contribution in [-0.2, 0) is 22.8 Å². The van der Waals surface area contributed by atoms with E-state index in [1.54, 1.807) is 0 Å². The van der Waals surface area contributed by atoms with E-state index in [1.165, 1.54) is 21.3 Å². The van der Waals surface area contributed by atoms with Gasteiger partial charge in [0.2, 0.25) is 6.17 Å². The predicted octanol–water partition coefficient (Wildman–Crippen LogP) is 2.19. The Morgan fingerprint density at radius 1 is 0.905 bits per heavy atom. The van der Waals surface area contributed by atoms with Gasteiger partial charge >= 0.3 is 15.0 Å². The maximum absolute atomic E-state index is 12.5. The van der Waals surface area contributed by atoms with Crippen LogP contribution in [0.4, 0.5) is 17.6 Å². The van der Waals surface area contributed by atoms with E-state index in [0.717, 1.165) is 0 Å². The molecule has 0 aliphatic carbocycles. The van der Waals surface area contributed by atoms with Gasteiger partial charge in [-0.05, 0) is 6.42 Å². The van der Waals surface area contributed by atoms with Crippen LogP contribution in [0.5, 0.6) is 0 Å². The third kappa shape index (κ3) is 8.69. The van der Waals surface area contributed by atoms with Crippen molar-refractivity contribution in [1.29, 1.82) is 0 Å². The first-order valence-electron chi connectivity index (χ1n) is 6.33. The Morgan fingerprint density at radius 3 is 1.90 bits per heavy atom. The van der Waals surface area contributed by atoms with Gasteiger partial charge in [-0.1, -0.05) is 0 Å². The lowest BCUT2D eigenvalue weighted by molar-refractivity contribution is -0.194. The molecule has 10 heteroatoms. The maximum Gasteiger partial charge on any atom is 0.500 e. The Hall–Kier alpha value is -0.263. The summed E-state index contributed by atoms with van der Waals surface area (Å²) in [4.78, 5) is 0. The molecular formula is C11H22F4O5Si. The molecule has 21 heavy (non-hydrogen) atoms. The summed E-state index contributed by atoms with van der Waals surface area (Å²) in [5.74, 6) is 0. The molecule has 1 unspecified atom stereocenters. The van der Waals surface area contributed by atoms with Crippen LogP contribution in [0.3, 0.4) is 0 Å². The second-order valence-corrected chi connectivity index (χ2v) is 7.19. The van der Waals surface area contributed by atoms with Gasteiger partial charge in [-0.25, -0.2) is 4.39 Å². The van der Waals surface area contributed by atoms with Gasteiger partial charge in [0.15, 0.2) is 0 Å². The molecule has 0 N–H and O–H groups in total. The Kier molecular flexibility index (Phi) is 10.3. The fourth-order valence-corrected chi connectivity index (χ4v) is 3.14. The van der Waals surface area contributed by atoms with Crippen LogP contribution in [0.1, 0.15) is 6.42 Å². The van der Waals surface area contributed by atoms with Crippen molar-refractivity contribution in [1.82, 2.24) is 0 Å². The fourth-order valence-electron chi connectivity index (χ4n) is 1.45. The Morgan fingerprint density at radius 2 is 1.43 bits per heavy atom. The lowest BCUT2D eigenvalue weighted by Crippen LogP contribution is -2.42. The van der Waals surface area contributed by atoms with Crippen LogP contribution in [0, 0.1) is 0 Å². The molecule has 0 amide bonds. The van der Waals surface area contributed by atoms with Crippen LogP contribution in [-0.4, -0.2) is 68.9 Å². The molecule has 1 atom stereocenters. The maximum atomic E-state index is 12.5. The molecule has 128 valence electrons. The van der Waals surface area contributed by atoms with E-state index < -0.39 is 27.8 Å². The van der Waals surface area contributed by atoms with Crippen LogP contribution in [0.25, 0.3) is 0 Å². The highest BCUT2D eigenvalue weighted by Crippen LogP contribution is 2.22.